The number of hydrogen-bond donors (Lipinski definition) is 1. The first kappa shape index (κ1) is 16.6. The fourth-order valence-electron chi connectivity index (χ4n) is 3.31. The molecule has 1 aliphatic rings. The van der Waals surface area contributed by atoms with Gasteiger partial charge in [0.1, 0.15) is 5.82 Å². The van der Waals surface area contributed by atoms with Gasteiger partial charge in [0.2, 0.25) is 0 Å². The molecule has 0 atom stereocenters. The Morgan fingerprint density at radius 2 is 1.88 bits per heavy atom. The third-order valence-corrected chi connectivity index (χ3v) is 4.93. The molecule has 1 aromatic carbocycles. The summed E-state index contributed by atoms with van der Waals surface area (Å²) in [5.74, 6) is 1.71. The lowest BCUT2D eigenvalue weighted by molar-refractivity contribution is 0.0949. The fourth-order valence-corrected chi connectivity index (χ4v) is 3.31. The molecule has 0 aliphatic carbocycles. The largest absolute Gasteiger partial charge is 0.345 e. The zero-order valence-corrected chi connectivity index (χ0v) is 15.1. The van der Waals surface area contributed by atoms with Crippen LogP contribution in [0.2, 0.25) is 0 Å². The van der Waals surface area contributed by atoms with Gasteiger partial charge in [0.05, 0.1) is 29.0 Å². The number of carbonyl (C=O) groups excluding carboxylic acids is 1. The molecule has 1 amide bonds. The van der Waals surface area contributed by atoms with E-state index in [0.29, 0.717) is 12.1 Å². The Hall–Kier alpha value is -2.83. The van der Waals surface area contributed by atoms with Gasteiger partial charge >= 0.3 is 0 Å². The van der Waals surface area contributed by atoms with E-state index >= 15 is 0 Å². The van der Waals surface area contributed by atoms with Crippen LogP contribution in [-0.2, 0) is 19.5 Å². The molecule has 0 spiro atoms. The number of hydrogen-bond acceptors (Lipinski definition) is 5. The number of fused-ring (bicyclic) bond motifs is 2. The number of carbonyl (C=O) groups is 1. The van der Waals surface area contributed by atoms with Gasteiger partial charge in [-0.1, -0.05) is 6.42 Å². The van der Waals surface area contributed by atoms with Crippen molar-refractivity contribution in [3.05, 3.63) is 46.8 Å². The molecule has 26 heavy (non-hydrogen) atoms. The van der Waals surface area contributed by atoms with E-state index in [2.05, 4.69) is 30.0 Å². The SMILES string of the molecule is Cc1nc2ccc(C(=O)NCc3nnc4n3CCCCC4)cc2nc1C. The van der Waals surface area contributed by atoms with E-state index in [0.717, 1.165) is 59.9 Å². The van der Waals surface area contributed by atoms with Gasteiger partial charge in [-0.05, 0) is 44.9 Å². The van der Waals surface area contributed by atoms with Crippen molar-refractivity contribution in [2.75, 3.05) is 0 Å². The zero-order chi connectivity index (χ0) is 18.1. The van der Waals surface area contributed by atoms with E-state index in [1.165, 1.54) is 6.42 Å². The van der Waals surface area contributed by atoms with Gasteiger partial charge in [0.15, 0.2) is 5.82 Å². The van der Waals surface area contributed by atoms with Crippen molar-refractivity contribution in [1.29, 1.82) is 0 Å². The minimum absolute atomic E-state index is 0.141. The molecule has 0 fully saturated rings. The molecule has 0 radical (unpaired) electrons. The maximum absolute atomic E-state index is 12.6. The molecule has 2 aromatic heterocycles. The van der Waals surface area contributed by atoms with E-state index in [-0.39, 0.29) is 5.91 Å². The highest BCUT2D eigenvalue weighted by molar-refractivity contribution is 5.97. The van der Waals surface area contributed by atoms with Crippen LogP contribution >= 0.6 is 0 Å². The van der Waals surface area contributed by atoms with Crippen LogP contribution in [0.4, 0.5) is 0 Å². The zero-order valence-electron chi connectivity index (χ0n) is 15.1. The molecule has 3 aromatic rings. The Bertz CT molecular complexity index is 978. The second-order valence-electron chi connectivity index (χ2n) is 6.78. The minimum atomic E-state index is -0.141. The molecular formula is C19H22N6O. The summed E-state index contributed by atoms with van der Waals surface area (Å²) in [6, 6.07) is 5.41. The molecule has 0 bridgehead atoms. The second kappa shape index (κ2) is 6.82. The van der Waals surface area contributed by atoms with E-state index < -0.39 is 0 Å². The average molecular weight is 350 g/mol. The van der Waals surface area contributed by atoms with Gasteiger partial charge in [-0.2, -0.15) is 0 Å². The number of rotatable bonds is 3. The van der Waals surface area contributed by atoms with Crippen LogP contribution in [0, 0.1) is 13.8 Å². The molecule has 3 heterocycles. The lowest BCUT2D eigenvalue weighted by Crippen LogP contribution is -2.25. The highest BCUT2D eigenvalue weighted by atomic mass is 16.1. The van der Waals surface area contributed by atoms with Gasteiger partial charge in [0.25, 0.3) is 5.91 Å². The summed E-state index contributed by atoms with van der Waals surface area (Å²) in [6.45, 7) is 5.16. The lowest BCUT2D eigenvalue weighted by Gasteiger charge is -2.09. The number of nitrogens with one attached hydrogen (secondary N) is 1. The Balaban J connectivity index is 1.51. The van der Waals surface area contributed by atoms with Crippen LogP contribution in [-0.4, -0.2) is 30.6 Å². The van der Waals surface area contributed by atoms with Gasteiger partial charge in [0, 0.05) is 18.5 Å². The number of aromatic nitrogens is 5. The predicted octanol–water partition coefficient (Wildman–Crippen LogP) is 2.49. The van der Waals surface area contributed by atoms with Crippen LogP contribution < -0.4 is 5.32 Å². The smallest absolute Gasteiger partial charge is 0.251 e. The predicted molar refractivity (Wildman–Crippen MR) is 97.8 cm³/mol. The van der Waals surface area contributed by atoms with E-state index in [1.54, 1.807) is 12.1 Å². The molecule has 0 saturated carbocycles. The molecule has 4 rings (SSSR count). The third-order valence-electron chi connectivity index (χ3n) is 4.93. The summed E-state index contributed by atoms with van der Waals surface area (Å²) in [6.07, 6.45) is 4.46. The van der Waals surface area contributed by atoms with Gasteiger partial charge < -0.3 is 9.88 Å². The molecule has 0 unspecified atom stereocenters. The topological polar surface area (TPSA) is 85.6 Å². The molecule has 0 saturated heterocycles. The van der Waals surface area contributed by atoms with Crippen molar-refractivity contribution in [2.45, 2.75) is 52.6 Å². The first-order valence-corrected chi connectivity index (χ1v) is 9.06. The van der Waals surface area contributed by atoms with Gasteiger partial charge in [-0.15, -0.1) is 10.2 Å². The van der Waals surface area contributed by atoms with Crippen LogP contribution in [0.5, 0.6) is 0 Å². The normalized spacial score (nSPS) is 14.1. The monoisotopic (exact) mass is 350 g/mol. The lowest BCUT2D eigenvalue weighted by atomic mass is 10.1. The van der Waals surface area contributed by atoms with Crippen LogP contribution in [0.25, 0.3) is 11.0 Å². The van der Waals surface area contributed by atoms with Crippen molar-refractivity contribution in [3.8, 4) is 0 Å². The van der Waals surface area contributed by atoms with Crippen LogP contribution in [0.15, 0.2) is 18.2 Å². The molecule has 134 valence electrons. The van der Waals surface area contributed by atoms with Crippen molar-refractivity contribution < 1.29 is 4.79 Å². The molecule has 7 heteroatoms. The quantitative estimate of drug-likeness (QED) is 0.784. The maximum Gasteiger partial charge on any atom is 0.251 e. The first-order valence-electron chi connectivity index (χ1n) is 9.06. The van der Waals surface area contributed by atoms with E-state index in [4.69, 9.17) is 0 Å². The third kappa shape index (κ3) is 3.16. The first-order chi connectivity index (χ1) is 12.6. The van der Waals surface area contributed by atoms with E-state index in [1.807, 2.05) is 19.9 Å². The summed E-state index contributed by atoms with van der Waals surface area (Å²) < 4.78 is 2.14. The van der Waals surface area contributed by atoms with Gasteiger partial charge in [-0.3, -0.25) is 4.79 Å². The Labute approximate surface area is 151 Å². The number of aryl methyl sites for hydroxylation is 3. The summed E-state index contributed by atoms with van der Waals surface area (Å²) in [7, 11) is 0. The van der Waals surface area contributed by atoms with Crippen LogP contribution in [0.1, 0.15) is 52.7 Å². The van der Waals surface area contributed by atoms with Crippen molar-refractivity contribution in [2.24, 2.45) is 0 Å². The molecular weight excluding hydrogens is 328 g/mol. The number of amides is 1. The van der Waals surface area contributed by atoms with Crippen molar-refractivity contribution in [1.82, 2.24) is 30.0 Å². The number of nitrogens with zero attached hydrogens (tertiary/aromatic N) is 5. The Morgan fingerprint density at radius 1 is 1.08 bits per heavy atom. The minimum Gasteiger partial charge on any atom is -0.345 e. The maximum atomic E-state index is 12.6. The van der Waals surface area contributed by atoms with Gasteiger partial charge in [-0.25, -0.2) is 9.97 Å². The molecule has 1 N–H and O–H groups in total. The van der Waals surface area contributed by atoms with E-state index in [9.17, 15) is 4.79 Å². The molecule has 7 nitrogen and oxygen atoms in total. The average Bonchev–Trinajstić information content (AvgIpc) is 2.86. The summed E-state index contributed by atoms with van der Waals surface area (Å²) >= 11 is 0. The highest BCUT2D eigenvalue weighted by Crippen LogP contribution is 2.16. The van der Waals surface area contributed by atoms with Crippen LogP contribution in [0.3, 0.4) is 0 Å². The number of benzene rings is 1. The summed E-state index contributed by atoms with van der Waals surface area (Å²) in [4.78, 5) is 21.6. The highest BCUT2D eigenvalue weighted by Gasteiger charge is 2.16. The molecule has 1 aliphatic heterocycles. The Kier molecular flexibility index (Phi) is 4.36. The standard InChI is InChI=1S/C19H22N6O/c1-12-13(2)22-16-10-14(7-8-15(16)21-12)19(26)20-11-18-24-23-17-6-4-3-5-9-25(17)18/h7-8,10H,3-6,9,11H2,1-2H3,(H,20,26). The summed E-state index contributed by atoms with van der Waals surface area (Å²) in [5.41, 5.74) is 3.89. The Morgan fingerprint density at radius 3 is 2.73 bits per heavy atom. The van der Waals surface area contributed by atoms with Crippen molar-refractivity contribution >= 4 is 16.9 Å². The fraction of sp³-hybridized carbons (Fsp3) is 0.421. The second-order valence-corrected chi connectivity index (χ2v) is 6.78. The van der Waals surface area contributed by atoms with Crippen molar-refractivity contribution in [3.63, 3.8) is 0 Å². The summed E-state index contributed by atoms with van der Waals surface area (Å²) in [5, 5.41) is 11.5.